The molecule has 0 fully saturated rings. The SMILES string of the molecule is CC(C)CC(=O)CC(C)C.COC(C)(C)C. The van der Waals surface area contributed by atoms with Gasteiger partial charge < -0.3 is 4.74 Å². The molecule has 0 spiro atoms. The quantitative estimate of drug-likeness (QED) is 0.727. The van der Waals surface area contributed by atoms with Crippen LogP contribution in [0, 0.1) is 11.8 Å². The molecule has 0 heterocycles. The molecular formula is C14H30O2. The van der Waals surface area contributed by atoms with Gasteiger partial charge in [0.1, 0.15) is 5.78 Å². The molecule has 0 unspecified atom stereocenters. The summed E-state index contributed by atoms with van der Waals surface area (Å²) >= 11 is 0. The number of carbonyl (C=O) groups excluding carboxylic acids is 1. The third-order valence-electron chi connectivity index (χ3n) is 1.88. The van der Waals surface area contributed by atoms with Crippen LogP contribution >= 0.6 is 0 Å². The second kappa shape index (κ2) is 8.74. The van der Waals surface area contributed by atoms with Gasteiger partial charge in [0, 0.05) is 20.0 Å². The first-order valence-electron chi connectivity index (χ1n) is 6.15. The third-order valence-corrected chi connectivity index (χ3v) is 1.88. The maximum absolute atomic E-state index is 11.1. The molecule has 0 N–H and O–H groups in total. The number of hydrogen-bond donors (Lipinski definition) is 0. The predicted octanol–water partition coefficient (Wildman–Crippen LogP) is 4.08. The summed E-state index contributed by atoms with van der Waals surface area (Å²) in [5.74, 6) is 1.45. The number of ether oxygens (including phenoxy) is 1. The topological polar surface area (TPSA) is 26.3 Å². The van der Waals surface area contributed by atoms with Gasteiger partial charge in [-0.3, -0.25) is 4.79 Å². The fourth-order valence-corrected chi connectivity index (χ4v) is 0.994. The van der Waals surface area contributed by atoms with Crippen LogP contribution in [0.4, 0.5) is 0 Å². The van der Waals surface area contributed by atoms with Gasteiger partial charge in [0.2, 0.25) is 0 Å². The molecule has 0 aromatic carbocycles. The first-order chi connectivity index (χ1) is 7.08. The second-order valence-electron chi connectivity index (χ2n) is 6.05. The molecule has 16 heavy (non-hydrogen) atoms. The van der Waals surface area contributed by atoms with E-state index in [1.165, 1.54) is 0 Å². The summed E-state index contributed by atoms with van der Waals surface area (Å²) in [5, 5.41) is 0. The maximum Gasteiger partial charge on any atom is 0.133 e. The lowest BCUT2D eigenvalue weighted by Crippen LogP contribution is -2.15. The highest BCUT2D eigenvalue weighted by Crippen LogP contribution is 2.07. The van der Waals surface area contributed by atoms with Crippen molar-refractivity contribution in [2.45, 2.75) is 66.9 Å². The van der Waals surface area contributed by atoms with E-state index in [1.54, 1.807) is 7.11 Å². The van der Waals surface area contributed by atoms with Crippen molar-refractivity contribution in [2.75, 3.05) is 7.11 Å². The highest BCUT2D eigenvalue weighted by molar-refractivity contribution is 5.78. The Kier molecular flexibility index (Phi) is 9.84. The average Bonchev–Trinajstić information content (AvgIpc) is 2.00. The molecular weight excluding hydrogens is 200 g/mol. The molecule has 0 aliphatic carbocycles. The van der Waals surface area contributed by atoms with Crippen LogP contribution in [0.25, 0.3) is 0 Å². The van der Waals surface area contributed by atoms with E-state index in [0.29, 0.717) is 17.6 Å². The Morgan fingerprint density at radius 3 is 1.38 bits per heavy atom. The molecule has 2 heteroatoms. The molecule has 98 valence electrons. The zero-order valence-corrected chi connectivity index (χ0v) is 12.4. The van der Waals surface area contributed by atoms with Gasteiger partial charge in [-0.25, -0.2) is 0 Å². The number of Topliss-reactive ketones (excluding diaryl/α,β-unsaturated/α-hetero) is 1. The highest BCUT2D eigenvalue weighted by Gasteiger charge is 2.06. The summed E-state index contributed by atoms with van der Waals surface area (Å²) in [6, 6.07) is 0. The van der Waals surface area contributed by atoms with Gasteiger partial charge in [0.05, 0.1) is 5.60 Å². The summed E-state index contributed by atoms with van der Waals surface area (Å²) in [6.07, 6.45) is 1.50. The van der Waals surface area contributed by atoms with Crippen LogP contribution in [0.2, 0.25) is 0 Å². The lowest BCUT2D eigenvalue weighted by atomic mass is 10.00. The molecule has 0 rings (SSSR count). The standard InChI is InChI=1S/C9H18O.C5H12O/c1-7(2)5-9(10)6-8(3)4;1-5(2,3)6-4/h7-8H,5-6H2,1-4H3;1-4H3. The smallest absolute Gasteiger partial charge is 0.133 e. The zero-order chi connectivity index (χ0) is 13.4. The van der Waals surface area contributed by atoms with E-state index in [0.717, 1.165) is 12.8 Å². The normalized spacial score (nSPS) is 11.4. The number of rotatable bonds is 4. The molecule has 0 aliphatic heterocycles. The number of hydrogen-bond acceptors (Lipinski definition) is 2. The van der Waals surface area contributed by atoms with Crippen molar-refractivity contribution in [3.63, 3.8) is 0 Å². The molecule has 0 radical (unpaired) electrons. The Labute approximate surface area is 102 Å². The van der Waals surface area contributed by atoms with Gasteiger partial charge in [-0.1, -0.05) is 27.7 Å². The van der Waals surface area contributed by atoms with Crippen molar-refractivity contribution < 1.29 is 9.53 Å². The van der Waals surface area contributed by atoms with Crippen LogP contribution in [0.15, 0.2) is 0 Å². The van der Waals surface area contributed by atoms with Gasteiger partial charge in [-0.05, 0) is 32.6 Å². The van der Waals surface area contributed by atoms with Gasteiger partial charge >= 0.3 is 0 Å². The van der Waals surface area contributed by atoms with E-state index in [-0.39, 0.29) is 5.60 Å². The molecule has 0 aliphatic rings. The predicted molar refractivity (Wildman–Crippen MR) is 70.7 cm³/mol. The lowest BCUT2D eigenvalue weighted by Gasteiger charge is -2.14. The van der Waals surface area contributed by atoms with Gasteiger partial charge in [0.25, 0.3) is 0 Å². The van der Waals surface area contributed by atoms with Crippen molar-refractivity contribution in [1.29, 1.82) is 0 Å². The van der Waals surface area contributed by atoms with E-state index in [2.05, 4.69) is 27.7 Å². The Balaban J connectivity index is 0. The first kappa shape index (κ1) is 18.0. The van der Waals surface area contributed by atoms with Crippen LogP contribution in [0.5, 0.6) is 0 Å². The van der Waals surface area contributed by atoms with Crippen LogP contribution in [-0.2, 0) is 9.53 Å². The number of methoxy groups -OCH3 is 1. The van der Waals surface area contributed by atoms with Crippen molar-refractivity contribution in [3.8, 4) is 0 Å². The fourth-order valence-electron chi connectivity index (χ4n) is 0.994. The molecule has 0 bridgehead atoms. The van der Waals surface area contributed by atoms with E-state index >= 15 is 0 Å². The van der Waals surface area contributed by atoms with E-state index in [4.69, 9.17) is 4.74 Å². The number of carbonyl (C=O) groups is 1. The van der Waals surface area contributed by atoms with Crippen LogP contribution in [0.3, 0.4) is 0 Å². The van der Waals surface area contributed by atoms with Crippen LogP contribution in [0.1, 0.15) is 61.3 Å². The summed E-state index contributed by atoms with van der Waals surface area (Å²) in [7, 11) is 1.71. The minimum Gasteiger partial charge on any atom is -0.379 e. The monoisotopic (exact) mass is 230 g/mol. The second-order valence-corrected chi connectivity index (χ2v) is 6.05. The molecule has 2 nitrogen and oxygen atoms in total. The largest absolute Gasteiger partial charge is 0.379 e. The molecule has 0 saturated heterocycles. The van der Waals surface area contributed by atoms with Gasteiger partial charge in [-0.2, -0.15) is 0 Å². The van der Waals surface area contributed by atoms with E-state index in [9.17, 15) is 4.79 Å². The van der Waals surface area contributed by atoms with E-state index < -0.39 is 0 Å². The molecule has 0 saturated carbocycles. The van der Waals surface area contributed by atoms with Crippen molar-refractivity contribution in [2.24, 2.45) is 11.8 Å². The summed E-state index contributed by atoms with van der Waals surface area (Å²) in [5.41, 5.74) is 0.0417. The number of ketones is 1. The molecule has 0 amide bonds. The fraction of sp³-hybridized carbons (Fsp3) is 0.929. The summed E-state index contributed by atoms with van der Waals surface area (Å²) in [4.78, 5) is 11.1. The van der Waals surface area contributed by atoms with Gasteiger partial charge in [0.15, 0.2) is 0 Å². The Morgan fingerprint density at radius 2 is 1.25 bits per heavy atom. The average molecular weight is 230 g/mol. The van der Waals surface area contributed by atoms with Gasteiger partial charge in [-0.15, -0.1) is 0 Å². The minimum atomic E-state index is 0.0417. The lowest BCUT2D eigenvalue weighted by molar-refractivity contribution is -0.120. The Hall–Kier alpha value is -0.370. The first-order valence-corrected chi connectivity index (χ1v) is 6.15. The Bertz CT molecular complexity index is 164. The van der Waals surface area contributed by atoms with E-state index in [1.807, 2.05) is 20.8 Å². The van der Waals surface area contributed by atoms with Crippen molar-refractivity contribution in [1.82, 2.24) is 0 Å². The molecule has 0 atom stereocenters. The molecule has 0 aromatic heterocycles. The van der Waals surface area contributed by atoms with Crippen molar-refractivity contribution >= 4 is 5.78 Å². The zero-order valence-electron chi connectivity index (χ0n) is 12.4. The summed E-state index contributed by atoms with van der Waals surface area (Å²) < 4.78 is 4.94. The van der Waals surface area contributed by atoms with Crippen molar-refractivity contribution in [3.05, 3.63) is 0 Å². The van der Waals surface area contributed by atoms with Crippen LogP contribution < -0.4 is 0 Å². The Morgan fingerprint density at radius 1 is 1.00 bits per heavy atom. The van der Waals surface area contributed by atoms with Crippen LogP contribution in [-0.4, -0.2) is 18.5 Å². The highest BCUT2D eigenvalue weighted by atomic mass is 16.5. The minimum absolute atomic E-state index is 0.0417. The maximum atomic E-state index is 11.1. The third kappa shape index (κ3) is 19.2. The molecule has 0 aromatic rings. The summed E-state index contributed by atoms with van der Waals surface area (Å²) in [6.45, 7) is 14.4.